The van der Waals surface area contributed by atoms with Gasteiger partial charge in [-0.05, 0) is 35.4 Å². The first kappa shape index (κ1) is 20.7. The van der Waals surface area contributed by atoms with Crippen LogP contribution in [0.1, 0.15) is 5.56 Å². The number of anilines is 1. The van der Waals surface area contributed by atoms with Crippen molar-refractivity contribution in [3.05, 3.63) is 48.0 Å². The maximum Gasteiger partial charge on any atom is 0.420 e. The average Bonchev–Trinajstić information content (AvgIpc) is 3.16. The van der Waals surface area contributed by atoms with Crippen LogP contribution in [0, 0.1) is 0 Å². The molecule has 0 saturated carbocycles. The minimum absolute atomic E-state index is 0.0889. The summed E-state index contributed by atoms with van der Waals surface area (Å²) >= 11 is 0. The number of hydrogen-bond donors (Lipinski definition) is 1. The number of ether oxygens (including phenoxy) is 1. The van der Waals surface area contributed by atoms with E-state index in [1.165, 1.54) is 34.6 Å². The standard InChI is InChI=1S/C20H19F3N2O4S/c1-24-18-12-15-10-14(11-17(19(15)29-18)20(21,22)23)13-2-4-16(5-3-13)30(26,27)25-6-8-28-9-7-25/h2-5,10-12,24H,6-9H2,1H3. The molecule has 1 N–H and O–H groups in total. The number of furan rings is 1. The van der Waals surface area contributed by atoms with Gasteiger partial charge in [-0.2, -0.15) is 17.5 Å². The Balaban J connectivity index is 1.74. The fraction of sp³-hybridized carbons (Fsp3) is 0.300. The van der Waals surface area contributed by atoms with Gasteiger partial charge in [0.2, 0.25) is 10.0 Å². The van der Waals surface area contributed by atoms with Gasteiger partial charge in [0.1, 0.15) is 5.58 Å². The van der Waals surface area contributed by atoms with E-state index in [0.29, 0.717) is 29.7 Å². The van der Waals surface area contributed by atoms with Gasteiger partial charge in [0.05, 0.1) is 23.7 Å². The SMILES string of the molecule is CNc1cc2cc(-c3ccc(S(=O)(=O)N4CCOCC4)cc3)cc(C(F)(F)F)c2o1. The molecule has 0 aliphatic carbocycles. The maximum atomic E-state index is 13.6. The fourth-order valence-electron chi connectivity index (χ4n) is 3.41. The van der Waals surface area contributed by atoms with E-state index < -0.39 is 21.8 Å². The number of hydrogen-bond acceptors (Lipinski definition) is 5. The van der Waals surface area contributed by atoms with E-state index in [1.54, 1.807) is 13.1 Å². The minimum atomic E-state index is -4.60. The summed E-state index contributed by atoms with van der Waals surface area (Å²) in [5, 5.41) is 3.00. The third-order valence-corrected chi connectivity index (χ3v) is 6.88. The number of fused-ring (bicyclic) bond motifs is 1. The highest BCUT2D eigenvalue weighted by Gasteiger charge is 2.35. The third-order valence-electron chi connectivity index (χ3n) is 4.96. The van der Waals surface area contributed by atoms with Crippen molar-refractivity contribution >= 4 is 26.9 Å². The van der Waals surface area contributed by atoms with Crippen molar-refractivity contribution in [3.8, 4) is 11.1 Å². The average molecular weight is 440 g/mol. The minimum Gasteiger partial charge on any atom is -0.440 e. The molecule has 10 heteroatoms. The predicted octanol–water partition coefficient (Wildman–Crippen LogP) is 4.18. The number of halogens is 3. The van der Waals surface area contributed by atoms with Crippen molar-refractivity contribution in [1.82, 2.24) is 4.31 Å². The molecule has 0 amide bonds. The van der Waals surface area contributed by atoms with Crippen LogP contribution >= 0.6 is 0 Å². The predicted molar refractivity (Wildman–Crippen MR) is 106 cm³/mol. The number of nitrogens with one attached hydrogen (secondary N) is 1. The van der Waals surface area contributed by atoms with Gasteiger partial charge in [-0.3, -0.25) is 0 Å². The summed E-state index contributed by atoms with van der Waals surface area (Å²) in [5.74, 6) is 0.222. The van der Waals surface area contributed by atoms with Crippen LogP contribution in [0.15, 0.2) is 51.8 Å². The Hall–Kier alpha value is -2.56. The van der Waals surface area contributed by atoms with Gasteiger partial charge in [0, 0.05) is 31.6 Å². The summed E-state index contributed by atoms with van der Waals surface area (Å²) in [5.41, 5.74) is -0.354. The molecule has 2 aromatic carbocycles. The second kappa shape index (κ2) is 7.60. The van der Waals surface area contributed by atoms with Gasteiger partial charge in [0.15, 0.2) is 5.88 Å². The van der Waals surface area contributed by atoms with E-state index in [9.17, 15) is 21.6 Å². The molecule has 160 valence electrons. The number of morpholine rings is 1. The van der Waals surface area contributed by atoms with Crippen LogP contribution in [0.2, 0.25) is 0 Å². The molecule has 1 aliphatic heterocycles. The highest BCUT2D eigenvalue weighted by molar-refractivity contribution is 7.89. The lowest BCUT2D eigenvalue weighted by molar-refractivity contribution is -0.136. The summed E-state index contributed by atoms with van der Waals surface area (Å²) in [7, 11) is -2.12. The van der Waals surface area contributed by atoms with E-state index in [4.69, 9.17) is 9.15 Å². The molecular weight excluding hydrogens is 421 g/mol. The lowest BCUT2D eigenvalue weighted by Gasteiger charge is -2.26. The molecule has 0 spiro atoms. The molecular formula is C20H19F3N2O4S. The summed E-state index contributed by atoms with van der Waals surface area (Å²) in [6.45, 7) is 1.20. The van der Waals surface area contributed by atoms with Gasteiger partial charge in [-0.1, -0.05) is 12.1 Å². The van der Waals surface area contributed by atoms with Gasteiger partial charge >= 0.3 is 6.18 Å². The molecule has 2 heterocycles. The number of alkyl halides is 3. The normalized spacial score (nSPS) is 16.1. The molecule has 0 radical (unpaired) electrons. The van der Waals surface area contributed by atoms with E-state index in [0.717, 1.165) is 6.07 Å². The quantitative estimate of drug-likeness (QED) is 0.659. The summed E-state index contributed by atoms with van der Waals surface area (Å²) < 4.78 is 78.0. The highest BCUT2D eigenvalue weighted by Crippen LogP contribution is 2.40. The molecule has 1 aromatic heterocycles. The number of nitrogens with zero attached hydrogens (tertiary/aromatic N) is 1. The number of sulfonamides is 1. The van der Waals surface area contributed by atoms with E-state index in [-0.39, 0.29) is 29.5 Å². The van der Waals surface area contributed by atoms with Crippen molar-refractivity contribution in [1.29, 1.82) is 0 Å². The lowest BCUT2D eigenvalue weighted by atomic mass is 10.0. The Morgan fingerprint density at radius 1 is 1.00 bits per heavy atom. The van der Waals surface area contributed by atoms with Gasteiger partial charge in [0.25, 0.3) is 0 Å². The lowest BCUT2D eigenvalue weighted by Crippen LogP contribution is -2.40. The van der Waals surface area contributed by atoms with Crippen molar-refractivity contribution in [2.45, 2.75) is 11.1 Å². The molecule has 30 heavy (non-hydrogen) atoms. The number of rotatable bonds is 4. The zero-order chi connectivity index (χ0) is 21.5. The summed E-state index contributed by atoms with van der Waals surface area (Å²) in [6.07, 6.45) is -4.60. The Bertz CT molecular complexity index is 1170. The summed E-state index contributed by atoms with van der Waals surface area (Å²) in [4.78, 5) is 0.0889. The first-order valence-electron chi connectivity index (χ1n) is 9.21. The van der Waals surface area contributed by atoms with Crippen LogP contribution in [0.4, 0.5) is 19.1 Å². The van der Waals surface area contributed by atoms with Crippen molar-refractivity contribution in [2.75, 3.05) is 38.7 Å². The Morgan fingerprint density at radius 2 is 1.67 bits per heavy atom. The highest BCUT2D eigenvalue weighted by atomic mass is 32.2. The summed E-state index contributed by atoms with van der Waals surface area (Å²) in [6, 6.07) is 9.92. The Labute approximate surface area is 171 Å². The second-order valence-electron chi connectivity index (χ2n) is 6.84. The van der Waals surface area contributed by atoms with Crippen LogP contribution in [-0.2, 0) is 20.9 Å². The van der Waals surface area contributed by atoms with Crippen molar-refractivity contribution in [3.63, 3.8) is 0 Å². The molecule has 3 aromatic rings. The first-order valence-corrected chi connectivity index (χ1v) is 10.6. The van der Waals surface area contributed by atoms with E-state index in [2.05, 4.69) is 5.32 Å². The van der Waals surface area contributed by atoms with Crippen LogP contribution in [0.3, 0.4) is 0 Å². The first-order chi connectivity index (χ1) is 14.2. The molecule has 0 unspecified atom stereocenters. The van der Waals surface area contributed by atoms with Crippen LogP contribution in [0.5, 0.6) is 0 Å². The Morgan fingerprint density at radius 3 is 2.27 bits per heavy atom. The molecule has 0 atom stereocenters. The van der Waals surface area contributed by atoms with Crippen molar-refractivity contribution in [2.24, 2.45) is 0 Å². The molecule has 4 rings (SSSR count). The zero-order valence-corrected chi connectivity index (χ0v) is 16.8. The fourth-order valence-corrected chi connectivity index (χ4v) is 4.82. The van der Waals surface area contributed by atoms with Gasteiger partial charge < -0.3 is 14.5 Å². The largest absolute Gasteiger partial charge is 0.440 e. The molecule has 1 saturated heterocycles. The van der Waals surface area contributed by atoms with Gasteiger partial charge in [-0.25, -0.2) is 8.42 Å². The van der Waals surface area contributed by atoms with Gasteiger partial charge in [-0.15, -0.1) is 0 Å². The second-order valence-corrected chi connectivity index (χ2v) is 8.78. The van der Waals surface area contributed by atoms with Crippen LogP contribution < -0.4 is 5.32 Å². The Kier molecular flexibility index (Phi) is 5.25. The van der Waals surface area contributed by atoms with E-state index >= 15 is 0 Å². The zero-order valence-electron chi connectivity index (χ0n) is 16.0. The van der Waals surface area contributed by atoms with Crippen LogP contribution in [-0.4, -0.2) is 46.1 Å². The topological polar surface area (TPSA) is 71.8 Å². The molecule has 6 nitrogen and oxygen atoms in total. The maximum absolute atomic E-state index is 13.6. The molecule has 0 bridgehead atoms. The number of benzene rings is 2. The van der Waals surface area contributed by atoms with Crippen molar-refractivity contribution < 1.29 is 30.7 Å². The molecule has 1 aliphatic rings. The monoisotopic (exact) mass is 440 g/mol. The van der Waals surface area contributed by atoms with Crippen LogP contribution in [0.25, 0.3) is 22.1 Å². The van der Waals surface area contributed by atoms with E-state index in [1.807, 2.05) is 0 Å². The smallest absolute Gasteiger partial charge is 0.420 e. The third kappa shape index (κ3) is 3.78. The molecule has 1 fully saturated rings.